The van der Waals surface area contributed by atoms with Gasteiger partial charge in [0.05, 0.1) is 18.7 Å². The van der Waals surface area contributed by atoms with Gasteiger partial charge in [0.2, 0.25) is 5.91 Å². The maximum atomic E-state index is 12.4. The largest absolute Gasteiger partial charge is 0.491 e. The van der Waals surface area contributed by atoms with Gasteiger partial charge < -0.3 is 15.2 Å². The highest BCUT2D eigenvalue weighted by Gasteiger charge is 2.19. The van der Waals surface area contributed by atoms with Gasteiger partial charge in [-0.15, -0.1) is 0 Å². The average molecular weight is 472 g/mol. The molecule has 8 nitrogen and oxygen atoms in total. The van der Waals surface area contributed by atoms with E-state index in [0.29, 0.717) is 0 Å². The summed E-state index contributed by atoms with van der Waals surface area (Å²) in [6.45, 7) is 10.1. The second kappa shape index (κ2) is 15.6. The van der Waals surface area contributed by atoms with Crippen LogP contribution in [0.25, 0.3) is 0 Å². The van der Waals surface area contributed by atoms with Crippen molar-refractivity contribution >= 4 is 17.8 Å². The molecule has 1 aromatic rings. The quantitative estimate of drug-likeness (QED) is 0.325. The van der Waals surface area contributed by atoms with E-state index in [9.17, 15) is 14.4 Å². The number of carbonyl (C=O) groups excluding carboxylic acids is 3. The van der Waals surface area contributed by atoms with Crippen molar-refractivity contribution in [1.82, 2.24) is 10.3 Å². The molecule has 8 heteroatoms. The summed E-state index contributed by atoms with van der Waals surface area (Å²) < 4.78 is 10.7. The van der Waals surface area contributed by atoms with E-state index < -0.39 is 17.8 Å². The van der Waals surface area contributed by atoms with Crippen molar-refractivity contribution in [3.63, 3.8) is 0 Å². The number of rotatable bonds is 13. The van der Waals surface area contributed by atoms with Crippen LogP contribution in [0, 0.1) is 0 Å². The van der Waals surface area contributed by atoms with Crippen molar-refractivity contribution < 1.29 is 23.9 Å². The maximum absolute atomic E-state index is 12.4. The average Bonchev–Trinajstić information content (AvgIpc) is 2.78. The second-order valence-corrected chi connectivity index (χ2v) is 8.14. The number of carbonyl (C=O) groups is 3. The van der Waals surface area contributed by atoms with E-state index in [-0.39, 0.29) is 36.8 Å². The maximum Gasteiger partial charge on any atom is 0.340 e. The van der Waals surface area contributed by atoms with Crippen molar-refractivity contribution in [2.75, 3.05) is 19.8 Å². The van der Waals surface area contributed by atoms with E-state index in [2.05, 4.69) is 43.2 Å². The number of hydrogen-bond donors (Lipinski definition) is 2. The Bertz CT molecular complexity index is 944. The molecule has 186 valence electrons. The molecular formula is C26H37N3O5. The van der Waals surface area contributed by atoms with E-state index in [0.717, 1.165) is 31.3 Å². The molecule has 34 heavy (non-hydrogen) atoms. The first-order valence-corrected chi connectivity index (χ1v) is 11.5. The van der Waals surface area contributed by atoms with Crippen molar-refractivity contribution in [2.24, 2.45) is 5.73 Å². The number of amides is 2. The van der Waals surface area contributed by atoms with Crippen LogP contribution in [0.1, 0.15) is 81.1 Å². The highest BCUT2D eigenvalue weighted by Crippen LogP contribution is 2.19. The molecule has 0 aliphatic rings. The van der Waals surface area contributed by atoms with E-state index in [4.69, 9.17) is 15.2 Å². The molecule has 0 saturated carbocycles. The van der Waals surface area contributed by atoms with Gasteiger partial charge in [0.1, 0.15) is 6.61 Å². The first kappa shape index (κ1) is 28.8. The molecule has 1 rings (SSSR count). The molecule has 1 aromatic heterocycles. The number of allylic oxidation sites excluding steroid dienone is 5. The number of hydrogen-bond acceptors (Lipinski definition) is 7. The summed E-state index contributed by atoms with van der Waals surface area (Å²) in [5.41, 5.74) is 9.08. The third-order valence-electron chi connectivity index (χ3n) is 4.81. The number of pyridine rings is 1. The van der Waals surface area contributed by atoms with Crippen LogP contribution in [-0.2, 0) is 9.53 Å². The molecule has 0 aliphatic carbocycles. The normalized spacial score (nSPS) is 11.6. The highest BCUT2D eigenvalue weighted by atomic mass is 16.5. The smallest absolute Gasteiger partial charge is 0.340 e. The lowest BCUT2D eigenvalue weighted by Crippen LogP contribution is -2.36. The fourth-order valence-corrected chi connectivity index (χ4v) is 2.91. The minimum Gasteiger partial charge on any atom is -0.491 e. The minimum absolute atomic E-state index is 0.0812. The van der Waals surface area contributed by atoms with Gasteiger partial charge in [-0.05, 0) is 72.4 Å². The van der Waals surface area contributed by atoms with Crippen LogP contribution in [0.4, 0.5) is 0 Å². The Morgan fingerprint density at radius 1 is 1.03 bits per heavy atom. The Kier molecular flexibility index (Phi) is 13.2. The molecule has 0 radical (unpaired) electrons. The van der Waals surface area contributed by atoms with Gasteiger partial charge in [0, 0.05) is 6.20 Å². The van der Waals surface area contributed by atoms with Gasteiger partial charge in [-0.2, -0.15) is 0 Å². The molecule has 1 heterocycles. The molecule has 0 aliphatic heterocycles. The number of nitrogens with two attached hydrogens (primary N) is 1. The number of ether oxygens (including phenoxy) is 2. The van der Waals surface area contributed by atoms with Crippen LogP contribution in [0.2, 0.25) is 0 Å². The van der Waals surface area contributed by atoms with Gasteiger partial charge >= 0.3 is 5.97 Å². The Hall–Kier alpha value is -3.26. The van der Waals surface area contributed by atoms with Gasteiger partial charge in [0.25, 0.3) is 5.91 Å². The zero-order chi connectivity index (χ0) is 25.5. The molecule has 0 saturated heterocycles. The van der Waals surface area contributed by atoms with Crippen LogP contribution in [0.5, 0.6) is 5.75 Å². The Morgan fingerprint density at radius 3 is 2.29 bits per heavy atom. The molecular weight excluding hydrogens is 434 g/mol. The first-order chi connectivity index (χ1) is 16.2. The third-order valence-corrected chi connectivity index (χ3v) is 4.81. The van der Waals surface area contributed by atoms with Crippen molar-refractivity contribution in [1.29, 1.82) is 0 Å². The molecule has 0 unspecified atom stereocenters. The Balaban J connectivity index is 2.64. The lowest BCUT2D eigenvalue weighted by atomic mass is 10.1. The monoisotopic (exact) mass is 471 g/mol. The van der Waals surface area contributed by atoms with E-state index in [1.165, 1.54) is 23.4 Å². The Morgan fingerprint density at radius 2 is 1.68 bits per heavy atom. The topological polar surface area (TPSA) is 121 Å². The third kappa shape index (κ3) is 11.0. The van der Waals surface area contributed by atoms with E-state index in [1.54, 1.807) is 6.92 Å². The van der Waals surface area contributed by atoms with Crippen molar-refractivity contribution in [3.8, 4) is 5.75 Å². The molecule has 0 bridgehead atoms. The summed E-state index contributed by atoms with van der Waals surface area (Å²) >= 11 is 0. The summed E-state index contributed by atoms with van der Waals surface area (Å²) in [5, 5.41) is 2.10. The number of esters is 1. The predicted octanol–water partition coefficient (Wildman–Crippen LogP) is 4.27. The van der Waals surface area contributed by atoms with Gasteiger partial charge in [-0.25, -0.2) is 9.78 Å². The fourth-order valence-electron chi connectivity index (χ4n) is 2.91. The van der Waals surface area contributed by atoms with Gasteiger partial charge in [-0.3, -0.25) is 14.9 Å². The zero-order valence-corrected chi connectivity index (χ0v) is 20.9. The van der Waals surface area contributed by atoms with Crippen LogP contribution < -0.4 is 15.8 Å². The number of nitrogens with one attached hydrogen (secondary N) is 1. The molecule has 0 aromatic carbocycles. The molecule has 0 atom stereocenters. The van der Waals surface area contributed by atoms with Crippen LogP contribution in [-0.4, -0.2) is 42.5 Å². The fraction of sp³-hybridized carbons (Fsp3) is 0.462. The summed E-state index contributed by atoms with van der Waals surface area (Å²) in [6, 6.07) is 1.38. The summed E-state index contributed by atoms with van der Waals surface area (Å²) in [6.07, 6.45) is 11.5. The summed E-state index contributed by atoms with van der Waals surface area (Å²) in [7, 11) is 0. The van der Waals surface area contributed by atoms with Crippen LogP contribution in [0.15, 0.2) is 47.2 Å². The zero-order valence-electron chi connectivity index (χ0n) is 20.9. The molecule has 0 spiro atoms. The highest BCUT2D eigenvalue weighted by molar-refractivity contribution is 6.06. The van der Waals surface area contributed by atoms with Crippen LogP contribution >= 0.6 is 0 Å². The van der Waals surface area contributed by atoms with Crippen molar-refractivity contribution in [2.45, 2.75) is 60.3 Å². The SMILES string of the molecule is CCOc1cc(C(=O)OCC=C(C)CCC=C(C)CCC=C(C)C)cnc1C(=O)NC(=O)CN. The summed E-state index contributed by atoms with van der Waals surface area (Å²) in [5.74, 6) is -1.90. The molecule has 3 N–H and O–H groups in total. The molecule has 2 amide bonds. The summed E-state index contributed by atoms with van der Waals surface area (Å²) in [4.78, 5) is 39.9. The van der Waals surface area contributed by atoms with Gasteiger partial charge in [0.15, 0.2) is 11.4 Å². The lowest BCUT2D eigenvalue weighted by Gasteiger charge is -2.10. The molecule has 0 fully saturated rings. The number of imide groups is 1. The standard InChI is InChI=1S/C26H37N3O5/c1-6-33-22-15-21(17-28-24(22)25(31)29-23(30)16-27)26(32)34-14-13-20(5)12-8-11-19(4)10-7-9-18(2)3/h9,11,13,15,17H,6-8,10,12,14,16,27H2,1-5H3,(H,29,30,31). The number of nitrogens with zero attached hydrogens (tertiary/aromatic N) is 1. The van der Waals surface area contributed by atoms with Gasteiger partial charge in [-0.1, -0.05) is 28.9 Å². The predicted molar refractivity (Wildman–Crippen MR) is 133 cm³/mol. The first-order valence-electron chi connectivity index (χ1n) is 11.5. The minimum atomic E-state index is -0.751. The van der Waals surface area contributed by atoms with E-state index >= 15 is 0 Å². The van der Waals surface area contributed by atoms with Crippen LogP contribution in [0.3, 0.4) is 0 Å². The Labute approximate surface area is 202 Å². The lowest BCUT2D eigenvalue weighted by molar-refractivity contribution is -0.118. The number of aromatic nitrogens is 1. The van der Waals surface area contributed by atoms with Crippen molar-refractivity contribution in [3.05, 3.63) is 58.5 Å². The van der Waals surface area contributed by atoms with E-state index in [1.807, 2.05) is 13.0 Å². The second-order valence-electron chi connectivity index (χ2n) is 8.14.